The Labute approximate surface area is 235 Å². The highest BCUT2D eigenvalue weighted by Gasteiger charge is 2.34. The number of phenolic OH excluding ortho intramolecular Hbond substituents is 1. The molecule has 3 aromatic carbocycles. The highest BCUT2D eigenvalue weighted by atomic mass is 32.2. The van der Waals surface area contributed by atoms with Crippen LogP contribution in [-0.4, -0.2) is 72.4 Å². The molecule has 0 saturated heterocycles. The van der Waals surface area contributed by atoms with Crippen LogP contribution in [0.15, 0.2) is 77.7 Å². The molecule has 0 spiro atoms. The molecule has 0 aliphatic heterocycles. The van der Waals surface area contributed by atoms with Gasteiger partial charge in [0.05, 0.1) is 41.4 Å². The summed E-state index contributed by atoms with van der Waals surface area (Å²) in [5.41, 5.74) is -0.455. The predicted octanol–water partition coefficient (Wildman–Crippen LogP) is 3.19. The molecule has 0 unspecified atom stereocenters. The second kappa shape index (κ2) is 13.3. The molecule has 0 aliphatic carbocycles. The van der Waals surface area contributed by atoms with E-state index in [0.29, 0.717) is 23.4 Å². The van der Waals surface area contributed by atoms with Gasteiger partial charge in [0.2, 0.25) is 10.0 Å². The predicted molar refractivity (Wildman–Crippen MR) is 144 cm³/mol. The SMILES string of the molecule is COc1ccc(C(=O)N[C@@H](Cc2ccccc2)[C@H](O)CN(C[C@@H](C)O)S(=O)(=O)c2ccc(C(F)(F)F)cc2)c(O)c1. The molecule has 0 radical (unpaired) electrons. The fourth-order valence-electron chi connectivity index (χ4n) is 4.09. The maximum Gasteiger partial charge on any atom is 0.416 e. The van der Waals surface area contributed by atoms with Crippen LogP contribution < -0.4 is 10.1 Å². The lowest BCUT2D eigenvalue weighted by Gasteiger charge is -2.30. The van der Waals surface area contributed by atoms with Gasteiger partial charge in [0.15, 0.2) is 0 Å². The van der Waals surface area contributed by atoms with E-state index in [-0.39, 0.29) is 17.7 Å². The number of ether oxygens (including phenoxy) is 1. The lowest BCUT2D eigenvalue weighted by atomic mass is 10.00. The molecule has 3 atom stereocenters. The average molecular weight is 597 g/mol. The molecule has 1 amide bonds. The Morgan fingerprint density at radius 3 is 2.17 bits per heavy atom. The molecule has 9 nitrogen and oxygen atoms in total. The molecule has 4 N–H and O–H groups in total. The maximum atomic E-state index is 13.4. The number of aliphatic hydroxyl groups excluding tert-OH is 2. The van der Waals surface area contributed by atoms with Crippen molar-refractivity contribution in [3.05, 3.63) is 89.5 Å². The smallest absolute Gasteiger partial charge is 0.416 e. The van der Waals surface area contributed by atoms with Gasteiger partial charge < -0.3 is 25.4 Å². The zero-order valence-electron chi connectivity index (χ0n) is 22.2. The fourth-order valence-corrected chi connectivity index (χ4v) is 5.63. The summed E-state index contributed by atoms with van der Waals surface area (Å²) in [6, 6.07) is 14.5. The zero-order valence-corrected chi connectivity index (χ0v) is 23.1. The highest BCUT2D eigenvalue weighted by Crippen LogP contribution is 2.30. The van der Waals surface area contributed by atoms with Crippen LogP contribution in [0.1, 0.15) is 28.4 Å². The molecule has 13 heteroatoms. The first-order chi connectivity index (χ1) is 19.2. The van der Waals surface area contributed by atoms with Gasteiger partial charge in [-0.05, 0) is 55.3 Å². The van der Waals surface area contributed by atoms with Crippen LogP contribution in [0.25, 0.3) is 0 Å². The summed E-state index contributed by atoms with van der Waals surface area (Å²) < 4.78 is 71.5. The number of carbonyl (C=O) groups excluding carboxylic acids is 1. The fraction of sp³-hybridized carbons (Fsp3) is 0.321. The normalized spacial score (nSPS) is 14.3. The van der Waals surface area contributed by atoms with Crippen LogP contribution in [0.2, 0.25) is 0 Å². The summed E-state index contributed by atoms with van der Waals surface area (Å²) in [7, 11) is -3.09. The number of alkyl halides is 3. The topological polar surface area (TPSA) is 136 Å². The van der Waals surface area contributed by atoms with Gasteiger partial charge in [-0.25, -0.2) is 8.42 Å². The molecule has 0 fully saturated rings. The molecular weight excluding hydrogens is 565 g/mol. The van der Waals surface area contributed by atoms with Gasteiger partial charge in [0.25, 0.3) is 5.91 Å². The number of aliphatic hydroxyl groups is 2. The molecule has 0 aromatic heterocycles. The number of amides is 1. The first-order valence-electron chi connectivity index (χ1n) is 12.5. The summed E-state index contributed by atoms with van der Waals surface area (Å²) in [5.74, 6) is -0.824. The Hall–Kier alpha value is -3.65. The quantitative estimate of drug-likeness (QED) is 0.252. The van der Waals surface area contributed by atoms with Crippen molar-refractivity contribution in [3.8, 4) is 11.5 Å². The van der Waals surface area contributed by atoms with Gasteiger partial charge >= 0.3 is 6.18 Å². The van der Waals surface area contributed by atoms with E-state index in [1.165, 1.54) is 32.2 Å². The molecule has 222 valence electrons. The number of hydrogen-bond donors (Lipinski definition) is 4. The maximum absolute atomic E-state index is 13.4. The first-order valence-corrected chi connectivity index (χ1v) is 13.9. The molecule has 0 bridgehead atoms. The Bertz CT molecular complexity index is 1420. The lowest BCUT2D eigenvalue weighted by molar-refractivity contribution is -0.137. The standard InChI is InChI=1S/C28H31F3N2O7S/c1-18(34)16-33(41(38,39)22-11-8-20(9-12-22)28(29,30)31)17-26(36)24(14-19-6-4-3-5-7-19)32-27(37)23-13-10-21(40-2)15-25(23)35/h3-13,15,18,24,26,34-36H,14,16-17H2,1-2H3,(H,32,37)/t18-,24+,26-/m1/s1. The van der Waals surface area contributed by atoms with Crippen molar-refractivity contribution in [1.82, 2.24) is 9.62 Å². The number of benzene rings is 3. The molecule has 3 rings (SSSR count). The van der Waals surface area contributed by atoms with E-state index in [1.807, 2.05) is 0 Å². The molecular formula is C28H31F3N2O7S. The van der Waals surface area contributed by atoms with Crippen LogP contribution in [0, 0.1) is 0 Å². The van der Waals surface area contributed by atoms with Gasteiger partial charge in [-0.3, -0.25) is 4.79 Å². The summed E-state index contributed by atoms with van der Waals surface area (Å²) in [6.07, 6.45) is -7.33. The Morgan fingerprint density at radius 1 is 1.00 bits per heavy atom. The minimum absolute atomic E-state index is 0.0630. The monoisotopic (exact) mass is 596 g/mol. The second-order valence-electron chi connectivity index (χ2n) is 9.41. The largest absolute Gasteiger partial charge is 0.507 e. The van der Waals surface area contributed by atoms with Crippen molar-refractivity contribution in [2.45, 2.75) is 42.7 Å². The molecule has 0 aliphatic rings. The van der Waals surface area contributed by atoms with E-state index in [1.54, 1.807) is 30.3 Å². The van der Waals surface area contributed by atoms with Gasteiger partial charge in [0.1, 0.15) is 11.5 Å². The third-order valence-corrected chi connectivity index (χ3v) is 8.05. The van der Waals surface area contributed by atoms with Gasteiger partial charge in [-0.15, -0.1) is 0 Å². The Kier molecular flexibility index (Phi) is 10.4. The van der Waals surface area contributed by atoms with Crippen molar-refractivity contribution in [2.24, 2.45) is 0 Å². The van der Waals surface area contributed by atoms with Crippen molar-refractivity contribution in [1.29, 1.82) is 0 Å². The van der Waals surface area contributed by atoms with Crippen molar-refractivity contribution in [3.63, 3.8) is 0 Å². The van der Waals surface area contributed by atoms with Crippen molar-refractivity contribution >= 4 is 15.9 Å². The number of hydrogen-bond acceptors (Lipinski definition) is 7. The molecule has 0 saturated carbocycles. The second-order valence-corrected chi connectivity index (χ2v) is 11.4. The van der Waals surface area contributed by atoms with E-state index >= 15 is 0 Å². The number of aromatic hydroxyl groups is 1. The van der Waals surface area contributed by atoms with Gasteiger partial charge in [0, 0.05) is 19.2 Å². The highest BCUT2D eigenvalue weighted by molar-refractivity contribution is 7.89. The third kappa shape index (κ3) is 8.43. The van der Waals surface area contributed by atoms with E-state index in [0.717, 1.165) is 16.4 Å². The summed E-state index contributed by atoms with van der Waals surface area (Å²) in [4.78, 5) is 12.6. The number of nitrogens with zero attached hydrogens (tertiary/aromatic N) is 1. The van der Waals surface area contributed by atoms with Crippen LogP contribution >= 0.6 is 0 Å². The number of nitrogens with one attached hydrogen (secondary N) is 1. The van der Waals surface area contributed by atoms with Crippen LogP contribution in [0.4, 0.5) is 13.2 Å². The molecule has 0 heterocycles. The van der Waals surface area contributed by atoms with E-state index < -0.39 is 63.9 Å². The van der Waals surface area contributed by atoms with Crippen molar-refractivity contribution in [2.75, 3.05) is 20.2 Å². The zero-order chi connectivity index (χ0) is 30.4. The Balaban J connectivity index is 1.91. The number of rotatable bonds is 12. The number of methoxy groups -OCH3 is 1. The van der Waals surface area contributed by atoms with Crippen LogP contribution in [0.3, 0.4) is 0 Å². The lowest BCUT2D eigenvalue weighted by Crippen LogP contribution is -2.51. The van der Waals surface area contributed by atoms with Crippen LogP contribution in [0.5, 0.6) is 11.5 Å². The minimum Gasteiger partial charge on any atom is -0.507 e. The number of carbonyl (C=O) groups is 1. The molecule has 3 aromatic rings. The minimum atomic E-state index is -4.67. The van der Waals surface area contributed by atoms with Crippen molar-refractivity contribution < 1.29 is 46.4 Å². The average Bonchev–Trinajstić information content (AvgIpc) is 2.92. The number of halogens is 3. The van der Waals surface area contributed by atoms with E-state index in [9.17, 15) is 41.7 Å². The third-order valence-electron chi connectivity index (χ3n) is 6.21. The van der Waals surface area contributed by atoms with E-state index in [2.05, 4.69) is 5.32 Å². The Morgan fingerprint density at radius 2 is 1.63 bits per heavy atom. The number of phenols is 1. The van der Waals surface area contributed by atoms with Gasteiger partial charge in [-0.1, -0.05) is 30.3 Å². The summed E-state index contributed by atoms with van der Waals surface area (Å²) in [6.45, 7) is 0.226. The summed E-state index contributed by atoms with van der Waals surface area (Å²) >= 11 is 0. The first kappa shape index (κ1) is 31.9. The summed E-state index contributed by atoms with van der Waals surface area (Å²) in [5, 5.41) is 34.1. The van der Waals surface area contributed by atoms with Crippen LogP contribution in [-0.2, 0) is 22.6 Å². The van der Waals surface area contributed by atoms with E-state index in [4.69, 9.17) is 4.74 Å². The number of sulfonamides is 1. The molecule has 41 heavy (non-hydrogen) atoms. The van der Waals surface area contributed by atoms with Gasteiger partial charge in [-0.2, -0.15) is 17.5 Å².